The van der Waals surface area contributed by atoms with Gasteiger partial charge in [-0.2, -0.15) is 12.6 Å². The summed E-state index contributed by atoms with van der Waals surface area (Å²) in [6, 6.07) is 1.96. The molecule has 0 aromatic carbocycles. The quantitative estimate of drug-likeness (QED) is 0.711. The third-order valence-corrected chi connectivity index (χ3v) is 2.40. The van der Waals surface area contributed by atoms with Crippen LogP contribution in [0.25, 0.3) is 0 Å². The molecular formula is C8H11NO2S. The second-order valence-electron chi connectivity index (χ2n) is 2.94. The number of nitrogens with zero attached hydrogens (tertiary/aromatic N) is 1. The van der Waals surface area contributed by atoms with Gasteiger partial charge in [0.2, 0.25) is 0 Å². The fourth-order valence-electron chi connectivity index (χ4n) is 1.35. The van der Waals surface area contributed by atoms with E-state index in [2.05, 4.69) is 17.8 Å². The molecule has 1 atom stereocenters. The van der Waals surface area contributed by atoms with E-state index in [1.807, 2.05) is 6.07 Å². The summed E-state index contributed by atoms with van der Waals surface area (Å²) < 4.78 is 10.4. The van der Waals surface area contributed by atoms with Crippen LogP contribution in [0.4, 0.5) is 0 Å². The van der Waals surface area contributed by atoms with E-state index in [4.69, 9.17) is 9.26 Å². The summed E-state index contributed by atoms with van der Waals surface area (Å²) >= 11 is 4.11. The monoisotopic (exact) mass is 185 g/mol. The topological polar surface area (TPSA) is 35.3 Å². The normalized spacial score (nSPS) is 23.2. The van der Waals surface area contributed by atoms with Gasteiger partial charge in [-0.15, -0.1) is 0 Å². The molecule has 1 aliphatic rings. The maximum absolute atomic E-state index is 5.25. The van der Waals surface area contributed by atoms with Crippen molar-refractivity contribution in [1.82, 2.24) is 5.16 Å². The molecule has 0 aliphatic carbocycles. The fraction of sp³-hybridized carbons (Fsp3) is 0.625. The molecule has 1 unspecified atom stereocenters. The molecule has 3 nitrogen and oxygen atoms in total. The van der Waals surface area contributed by atoms with Crippen molar-refractivity contribution in [2.24, 2.45) is 0 Å². The van der Waals surface area contributed by atoms with Crippen LogP contribution in [-0.4, -0.2) is 18.4 Å². The first-order valence-corrected chi connectivity index (χ1v) is 4.67. The molecule has 66 valence electrons. The Morgan fingerprint density at radius 2 is 2.58 bits per heavy atom. The molecule has 0 bridgehead atoms. The van der Waals surface area contributed by atoms with E-state index in [-0.39, 0.29) is 0 Å². The lowest BCUT2D eigenvalue weighted by molar-refractivity contribution is 0.190. The van der Waals surface area contributed by atoms with Crippen LogP contribution in [-0.2, 0) is 10.5 Å². The maximum atomic E-state index is 5.25. The molecule has 1 aliphatic heterocycles. The molecule has 0 N–H and O–H groups in total. The molecule has 0 radical (unpaired) electrons. The number of ether oxygens (including phenoxy) is 1. The van der Waals surface area contributed by atoms with Crippen LogP contribution in [0.2, 0.25) is 0 Å². The first-order chi connectivity index (χ1) is 5.90. The second kappa shape index (κ2) is 3.49. The van der Waals surface area contributed by atoms with Crippen LogP contribution in [0, 0.1) is 0 Å². The number of hydrogen-bond donors (Lipinski definition) is 1. The Bertz CT molecular complexity index is 255. The zero-order valence-corrected chi connectivity index (χ0v) is 7.59. The van der Waals surface area contributed by atoms with Gasteiger partial charge in [0.05, 0.1) is 12.3 Å². The highest BCUT2D eigenvalue weighted by molar-refractivity contribution is 7.79. The lowest BCUT2D eigenvalue weighted by Gasteiger charge is -1.98. The first kappa shape index (κ1) is 8.13. The Balaban J connectivity index is 2.11. The van der Waals surface area contributed by atoms with Gasteiger partial charge in [-0.1, -0.05) is 5.16 Å². The lowest BCUT2D eigenvalue weighted by Crippen LogP contribution is -1.94. The zero-order chi connectivity index (χ0) is 8.39. The van der Waals surface area contributed by atoms with E-state index >= 15 is 0 Å². The smallest absolute Gasteiger partial charge is 0.142 e. The van der Waals surface area contributed by atoms with E-state index in [0.29, 0.717) is 11.7 Å². The van der Waals surface area contributed by atoms with Gasteiger partial charge in [-0.05, 0) is 6.42 Å². The zero-order valence-electron chi connectivity index (χ0n) is 6.69. The summed E-state index contributed by atoms with van der Waals surface area (Å²) in [6.45, 7) is 1.60. The van der Waals surface area contributed by atoms with Crippen LogP contribution < -0.4 is 0 Å². The van der Waals surface area contributed by atoms with Gasteiger partial charge in [0.25, 0.3) is 0 Å². The van der Waals surface area contributed by atoms with Gasteiger partial charge in [-0.3, -0.25) is 0 Å². The standard InChI is InChI=1S/C8H11NO2S/c12-5-7-3-8(11-9-7)6-1-2-10-4-6/h3,6,12H,1-2,4-5H2. The van der Waals surface area contributed by atoms with Crippen LogP contribution >= 0.6 is 12.6 Å². The number of hydrogen-bond acceptors (Lipinski definition) is 4. The van der Waals surface area contributed by atoms with E-state index in [9.17, 15) is 0 Å². The molecule has 2 heterocycles. The van der Waals surface area contributed by atoms with Gasteiger partial charge in [-0.25, -0.2) is 0 Å². The van der Waals surface area contributed by atoms with Gasteiger partial charge in [0.1, 0.15) is 5.76 Å². The number of aromatic nitrogens is 1. The first-order valence-electron chi connectivity index (χ1n) is 4.04. The van der Waals surface area contributed by atoms with Crippen molar-refractivity contribution in [2.45, 2.75) is 18.1 Å². The molecule has 0 amide bonds. The number of rotatable bonds is 2. The van der Waals surface area contributed by atoms with Crippen LogP contribution in [0.5, 0.6) is 0 Å². The number of thiol groups is 1. The highest BCUT2D eigenvalue weighted by Gasteiger charge is 2.21. The predicted molar refractivity (Wildman–Crippen MR) is 47.4 cm³/mol. The van der Waals surface area contributed by atoms with Gasteiger partial charge >= 0.3 is 0 Å². The van der Waals surface area contributed by atoms with E-state index < -0.39 is 0 Å². The summed E-state index contributed by atoms with van der Waals surface area (Å²) in [5.74, 6) is 1.99. The Labute approximate surface area is 76.5 Å². The second-order valence-corrected chi connectivity index (χ2v) is 3.26. The van der Waals surface area contributed by atoms with Gasteiger partial charge in [0.15, 0.2) is 0 Å². The van der Waals surface area contributed by atoms with E-state index in [0.717, 1.165) is 31.1 Å². The van der Waals surface area contributed by atoms with Crippen molar-refractivity contribution in [3.63, 3.8) is 0 Å². The maximum Gasteiger partial charge on any atom is 0.142 e. The van der Waals surface area contributed by atoms with E-state index in [1.54, 1.807) is 0 Å². The van der Waals surface area contributed by atoms with Gasteiger partial charge in [0, 0.05) is 24.3 Å². The summed E-state index contributed by atoms with van der Waals surface area (Å²) in [5, 5.41) is 3.87. The molecule has 2 rings (SSSR count). The Morgan fingerprint density at radius 3 is 3.17 bits per heavy atom. The third kappa shape index (κ3) is 1.49. The van der Waals surface area contributed by atoms with Gasteiger partial charge < -0.3 is 9.26 Å². The molecule has 1 fully saturated rings. The molecule has 1 aromatic rings. The highest BCUT2D eigenvalue weighted by Crippen LogP contribution is 2.25. The molecule has 4 heteroatoms. The summed E-state index contributed by atoms with van der Waals surface area (Å²) in [5.41, 5.74) is 0.903. The molecule has 1 aromatic heterocycles. The van der Waals surface area contributed by atoms with Crippen molar-refractivity contribution < 1.29 is 9.26 Å². The summed E-state index contributed by atoms with van der Waals surface area (Å²) in [6.07, 6.45) is 1.04. The average Bonchev–Trinajstić information content (AvgIpc) is 2.75. The predicted octanol–water partition coefficient (Wildman–Crippen LogP) is 1.61. The Kier molecular flexibility index (Phi) is 2.37. The van der Waals surface area contributed by atoms with Crippen molar-refractivity contribution in [3.05, 3.63) is 17.5 Å². The van der Waals surface area contributed by atoms with Crippen LogP contribution in [0.15, 0.2) is 10.6 Å². The average molecular weight is 185 g/mol. The summed E-state index contributed by atoms with van der Waals surface area (Å²) in [7, 11) is 0. The minimum atomic E-state index is 0.408. The molecular weight excluding hydrogens is 174 g/mol. The third-order valence-electron chi connectivity index (χ3n) is 2.07. The minimum Gasteiger partial charge on any atom is -0.381 e. The molecule has 12 heavy (non-hydrogen) atoms. The molecule has 1 saturated heterocycles. The Morgan fingerprint density at radius 1 is 1.67 bits per heavy atom. The summed E-state index contributed by atoms with van der Waals surface area (Å²) in [4.78, 5) is 0. The van der Waals surface area contributed by atoms with Crippen molar-refractivity contribution in [2.75, 3.05) is 13.2 Å². The fourth-order valence-corrected chi connectivity index (χ4v) is 1.50. The Hall–Kier alpha value is -0.480. The van der Waals surface area contributed by atoms with Crippen molar-refractivity contribution >= 4 is 12.6 Å². The van der Waals surface area contributed by atoms with Crippen molar-refractivity contribution in [1.29, 1.82) is 0 Å². The van der Waals surface area contributed by atoms with Crippen LogP contribution in [0.1, 0.15) is 23.8 Å². The lowest BCUT2D eigenvalue weighted by atomic mass is 10.1. The minimum absolute atomic E-state index is 0.408. The largest absolute Gasteiger partial charge is 0.381 e. The van der Waals surface area contributed by atoms with Crippen molar-refractivity contribution in [3.8, 4) is 0 Å². The SMILES string of the molecule is SCc1cc(C2CCOC2)on1. The van der Waals surface area contributed by atoms with Crippen LogP contribution in [0.3, 0.4) is 0 Å². The molecule has 0 spiro atoms. The molecule has 0 saturated carbocycles. The van der Waals surface area contributed by atoms with E-state index in [1.165, 1.54) is 0 Å². The highest BCUT2D eigenvalue weighted by atomic mass is 32.1.